The van der Waals surface area contributed by atoms with Crippen LogP contribution in [0.4, 0.5) is 20.2 Å². The van der Waals surface area contributed by atoms with E-state index in [-0.39, 0.29) is 152 Å². The maximum atomic E-state index is 14.2. The molecule has 0 bridgehead atoms. The van der Waals surface area contributed by atoms with E-state index in [9.17, 15) is 88.6 Å². The molecule has 0 saturated carbocycles. The average Bonchev–Trinajstić information content (AvgIpc) is 1.60. The number of benzene rings is 6. The molecule has 6 aromatic carbocycles. The largest absolute Gasteiger partial charge is 2.00 e. The third kappa shape index (κ3) is 26.5. The zero-order chi connectivity index (χ0) is 75.6. The number of hydrogen-bond acceptors (Lipinski definition) is 16. The number of aliphatic hydroxyl groups excluding tert-OH is 8. The van der Waals surface area contributed by atoms with Crippen molar-refractivity contribution in [1.29, 1.82) is 0 Å². The van der Waals surface area contributed by atoms with Gasteiger partial charge in [0.15, 0.2) is 0 Å². The molecule has 105 heavy (non-hydrogen) atoms. The number of nitrogens with zero attached hydrogens (tertiary/aromatic N) is 2. The van der Waals surface area contributed by atoms with E-state index in [1.807, 2.05) is 134 Å². The van der Waals surface area contributed by atoms with Crippen LogP contribution in [0.15, 0.2) is 170 Å². The fourth-order valence-corrected chi connectivity index (χ4v) is 12.7. The van der Waals surface area contributed by atoms with Gasteiger partial charge in [-0.3, -0.25) is 19.2 Å². The number of aromatic nitrogens is 2. The number of carboxylic acid groups (broad SMARTS) is 2. The van der Waals surface area contributed by atoms with Crippen LogP contribution in [0.2, 0.25) is 0 Å². The first-order chi connectivity index (χ1) is 49.7. The van der Waals surface area contributed by atoms with Gasteiger partial charge in [0.1, 0.15) is 11.6 Å². The number of carbonyl (C=O) groups excluding carboxylic acids is 6. The standard InChI is InChI=1S/2C40H48FN3O8.Ca/c2*1-25(2)38-37(40(52)43-29-11-7-4-8-12-29)36(26-9-5-3-6-10-26)39(27-13-15-28(41)16-14-27)44(38)20-18-31(46)22-32(47)23-34(49)42-19-17-30(45)21-33(48)24-35(50)51;/h2*3-16,25,30-33,45-48H,17-24H2,1-2H3,(H,42,49)(H,43,52)(H,50,51);/q;;+2/p-2/t2*30-,31-,32-,33-;/m11./s1. The van der Waals surface area contributed by atoms with Crippen molar-refractivity contribution in [1.82, 2.24) is 19.8 Å². The maximum absolute atomic E-state index is 14.2. The molecule has 25 heteroatoms. The van der Waals surface area contributed by atoms with Crippen LogP contribution < -0.4 is 31.5 Å². The summed E-state index contributed by atoms with van der Waals surface area (Å²) in [7, 11) is 0. The van der Waals surface area contributed by atoms with Crippen molar-refractivity contribution in [2.75, 3.05) is 23.7 Å². The number of anilines is 2. The van der Waals surface area contributed by atoms with Crippen LogP contribution in [0.1, 0.15) is 149 Å². The third-order valence-electron chi connectivity index (χ3n) is 17.4. The van der Waals surface area contributed by atoms with Gasteiger partial charge in [0.2, 0.25) is 11.8 Å². The Labute approximate surface area is 639 Å². The second-order valence-corrected chi connectivity index (χ2v) is 26.6. The molecule has 2 aromatic heterocycles. The smallest absolute Gasteiger partial charge is 0.550 e. The predicted octanol–water partition coefficient (Wildman–Crippen LogP) is 7.59. The Kier molecular flexibility index (Phi) is 34.7. The van der Waals surface area contributed by atoms with Crippen molar-refractivity contribution in [2.24, 2.45) is 0 Å². The zero-order valence-corrected chi connectivity index (χ0v) is 61.7. The molecule has 0 radical (unpaired) electrons. The molecule has 0 aliphatic rings. The van der Waals surface area contributed by atoms with Crippen molar-refractivity contribution in [3.63, 3.8) is 0 Å². The first kappa shape index (κ1) is 85.4. The minimum Gasteiger partial charge on any atom is -0.550 e. The Balaban J connectivity index is 0.000000326. The van der Waals surface area contributed by atoms with Gasteiger partial charge in [-0.15, -0.1) is 0 Å². The number of rotatable bonds is 38. The molecular formula is C80H94CaF2N6O16. The summed E-state index contributed by atoms with van der Waals surface area (Å²) in [6.45, 7) is 8.44. The molecule has 2 heterocycles. The van der Waals surface area contributed by atoms with Gasteiger partial charge in [-0.05, 0) is 158 Å². The molecule has 0 fully saturated rings. The molecule has 0 aliphatic carbocycles. The van der Waals surface area contributed by atoms with E-state index in [4.69, 9.17) is 0 Å². The van der Waals surface area contributed by atoms with E-state index >= 15 is 0 Å². The topological polar surface area (TPSA) is 368 Å². The number of carboxylic acids is 2. The van der Waals surface area contributed by atoms with Crippen molar-refractivity contribution >= 4 is 84.7 Å². The van der Waals surface area contributed by atoms with Crippen molar-refractivity contribution in [3.05, 3.63) is 204 Å². The summed E-state index contributed by atoms with van der Waals surface area (Å²) in [5, 5.41) is 115. The summed E-state index contributed by atoms with van der Waals surface area (Å²) in [5.41, 5.74) is 9.16. The van der Waals surface area contributed by atoms with E-state index in [1.54, 1.807) is 48.5 Å². The van der Waals surface area contributed by atoms with E-state index in [1.165, 1.54) is 24.3 Å². The molecule has 8 aromatic rings. The first-order valence-electron chi connectivity index (χ1n) is 34.9. The van der Waals surface area contributed by atoms with Gasteiger partial charge in [-0.25, -0.2) is 8.78 Å². The fraction of sp³-hybridized carbons (Fsp3) is 0.375. The van der Waals surface area contributed by atoms with Gasteiger partial charge in [0, 0.05) is 84.8 Å². The van der Waals surface area contributed by atoms with Gasteiger partial charge in [0.05, 0.1) is 84.2 Å². The number of para-hydroxylation sites is 2. The molecule has 0 spiro atoms. The molecule has 0 unspecified atom stereocenters. The summed E-state index contributed by atoms with van der Waals surface area (Å²) in [5.74, 6) is -5.65. The SMILES string of the molecule is CC(C)c1c(C(=O)Nc2ccccc2)c(-c2ccccc2)c(-c2ccc(F)cc2)n1CC[C@@H](O)C[C@@H](O)CC(=O)NCC[C@@H](O)C[C@@H](O)CC(=O)[O-].CC(C)c1c(C(=O)Nc2ccccc2)c(-c2ccccc2)c(-c2ccc(F)cc2)n1CC[C@@H](O)C[C@@H](O)CC(=O)NCC[C@@H](O)C[C@@H](O)CC(=O)[O-].[Ca+2]. The van der Waals surface area contributed by atoms with Crippen LogP contribution in [0.5, 0.6) is 0 Å². The Bertz CT molecular complexity index is 3800. The van der Waals surface area contributed by atoms with Gasteiger partial charge in [0.25, 0.3) is 11.8 Å². The summed E-state index contributed by atoms with van der Waals surface area (Å²) in [6.07, 6.45) is -11.0. The second-order valence-electron chi connectivity index (χ2n) is 26.6. The van der Waals surface area contributed by atoms with Crippen LogP contribution >= 0.6 is 0 Å². The first-order valence-corrected chi connectivity index (χ1v) is 34.9. The van der Waals surface area contributed by atoms with Gasteiger partial charge in [-0.2, -0.15) is 0 Å². The number of hydrogen-bond donors (Lipinski definition) is 12. The number of halogens is 2. The quantitative estimate of drug-likeness (QED) is 0.0166. The van der Waals surface area contributed by atoms with E-state index < -0.39 is 97.1 Å². The molecule has 8 atom stereocenters. The van der Waals surface area contributed by atoms with E-state index in [0.717, 1.165) is 11.1 Å². The van der Waals surface area contributed by atoms with Crippen LogP contribution in [-0.4, -0.2) is 185 Å². The molecule has 8 rings (SSSR count). The average molecular weight is 1470 g/mol. The minimum absolute atomic E-state index is 0. The summed E-state index contributed by atoms with van der Waals surface area (Å²) < 4.78 is 32.3. The molecule has 22 nitrogen and oxygen atoms in total. The number of aliphatic carboxylic acids is 2. The monoisotopic (exact) mass is 1470 g/mol. The summed E-state index contributed by atoms with van der Waals surface area (Å²) >= 11 is 0. The number of nitrogens with one attached hydrogen (secondary N) is 4. The minimum atomic E-state index is -1.43. The van der Waals surface area contributed by atoms with Crippen LogP contribution in [0.25, 0.3) is 44.8 Å². The number of carbonyl (C=O) groups is 6. The van der Waals surface area contributed by atoms with Gasteiger partial charge < -0.3 is 91.1 Å². The number of amides is 4. The van der Waals surface area contributed by atoms with Crippen LogP contribution in [0, 0.1) is 11.6 Å². The molecule has 556 valence electrons. The Hall–Kier alpha value is -8.50. The zero-order valence-electron chi connectivity index (χ0n) is 59.5. The van der Waals surface area contributed by atoms with Crippen LogP contribution in [-0.2, 0) is 32.3 Å². The molecule has 0 aliphatic heterocycles. The molecule has 4 amide bonds. The Morgan fingerprint density at radius 2 is 0.667 bits per heavy atom. The van der Waals surface area contributed by atoms with E-state index in [2.05, 4.69) is 21.3 Å². The normalized spacial score (nSPS) is 13.6. The summed E-state index contributed by atoms with van der Waals surface area (Å²) in [6, 6.07) is 49.2. The maximum Gasteiger partial charge on any atom is 2.00 e. The molecule has 0 saturated heterocycles. The molecule has 12 N–H and O–H groups in total. The Morgan fingerprint density at radius 1 is 0.381 bits per heavy atom. The fourth-order valence-electron chi connectivity index (χ4n) is 12.7. The predicted molar refractivity (Wildman–Crippen MR) is 393 cm³/mol. The molecular weight excluding hydrogens is 1380 g/mol. The Morgan fingerprint density at radius 3 is 0.962 bits per heavy atom. The second kappa shape index (κ2) is 42.6. The van der Waals surface area contributed by atoms with Crippen LogP contribution in [0.3, 0.4) is 0 Å². The van der Waals surface area contributed by atoms with Gasteiger partial charge >= 0.3 is 37.7 Å². The van der Waals surface area contributed by atoms with Crippen molar-refractivity contribution in [2.45, 2.75) is 179 Å². The van der Waals surface area contributed by atoms with Gasteiger partial charge in [-0.1, -0.05) is 125 Å². The van der Waals surface area contributed by atoms with Crippen molar-refractivity contribution in [3.8, 4) is 44.8 Å². The van der Waals surface area contributed by atoms with E-state index in [0.29, 0.717) is 67.5 Å². The summed E-state index contributed by atoms with van der Waals surface area (Å²) in [4.78, 5) is 74.5. The van der Waals surface area contributed by atoms with Crippen molar-refractivity contribution < 1.29 is 88.6 Å². The third-order valence-corrected chi connectivity index (χ3v) is 17.4. The number of aliphatic hydroxyl groups is 8.